The fourth-order valence-corrected chi connectivity index (χ4v) is 3.09. The van der Waals surface area contributed by atoms with Crippen molar-refractivity contribution in [1.29, 1.82) is 0 Å². The van der Waals surface area contributed by atoms with Gasteiger partial charge in [0.2, 0.25) is 0 Å². The van der Waals surface area contributed by atoms with Crippen LogP contribution >= 0.6 is 11.6 Å². The van der Waals surface area contributed by atoms with Crippen molar-refractivity contribution in [2.75, 3.05) is 0 Å². The fraction of sp³-hybridized carbons (Fsp3) is 0.571. The lowest BCUT2D eigenvalue weighted by molar-refractivity contribution is -0.141. The number of rotatable bonds is 4. The highest BCUT2D eigenvalue weighted by atomic mass is 35.5. The average Bonchev–Trinajstić information content (AvgIpc) is 3.00. The van der Waals surface area contributed by atoms with Crippen LogP contribution in [0.3, 0.4) is 0 Å². The summed E-state index contributed by atoms with van der Waals surface area (Å²) in [6.07, 6.45) is 5.82. The van der Waals surface area contributed by atoms with Crippen molar-refractivity contribution < 1.29 is 14.7 Å². The maximum atomic E-state index is 12.3. The first kappa shape index (κ1) is 13.5. The molecule has 2 aliphatic rings. The lowest BCUT2D eigenvalue weighted by atomic mass is 10.1. The highest BCUT2D eigenvalue weighted by molar-refractivity contribution is 6.31. The predicted octanol–water partition coefficient (Wildman–Crippen LogP) is 2.46. The largest absolute Gasteiger partial charge is 0.481 e. The Morgan fingerprint density at radius 1 is 1.30 bits per heavy atom. The van der Waals surface area contributed by atoms with Crippen LogP contribution < -0.4 is 5.32 Å². The molecule has 3 rings (SSSR count). The first-order valence-electron chi connectivity index (χ1n) is 6.95. The first-order valence-corrected chi connectivity index (χ1v) is 7.33. The Morgan fingerprint density at radius 3 is 2.65 bits per heavy atom. The summed E-state index contributed by atoms with van der Waals surface area (Å²) in [5, 5.41) is 12.5. The standard InChI is InChI=1S/C14H17ClN2O3/c15-9-6-12(17(7-9)11-3-4-11)13(18)16-10-2-1-8(5-10)14(19)20/h6-8,10-11H,1-5H2,(H,16,18)(H,19,20). The van der Waals surface area contributed by atoms with Crippen molar-refractivity contribution in [3.05, 3.63) is 23.0 Å². The van der Waals surface area contributed by atoms with Gasteiger partial charge in [-0.05, 0) is 38.2 Å². The van der Waals surface area contributed by atoms with E-state index in [2.05, 4.69) is 5.32 Å². The number of hydrogen-bond donors (Lipinski definition) is 2. The monoisotopic (exact) mass is 296 g/mol. The van der Waals surface area contributed by atoms with Gasteiger partial charge in [0, 0.05) is 18.3 Å². The summed E-state index contributed by atoms with van der Waals surface area (Å²) in [7, 11) is 0. The van der Waals surface area contributed by atoms with Gasteiger partial charge < -0.3 is 15.0 Å². The number of amides is 1. The minimum Gasteiger partial charge on any atom is -0.481 e. The third-order valence-corrected chi connectivity index (χ3v) is 4.31. The van der Waals surface area contributed by atoms with Gasteiger partial charge in [-0.15, -0.1) is 0 Å². The number of carboxylic acids is 1. The van der Waals surface area contributed by atoms with Crippen molar-refractivity contribution in [3.8, 4) is 0 Å². The van der Waals surface area contributed by atoms with E-state index in [-0.39, 0.29) is 17.9 Å². The number of carbonyl (C=O) groups excluding carboxylic acids is 1. The highest BCUT2D eigenvalue weighted by Crippen LogP contribution is 2.37. The molecular weight excluding hydrogens is 280 g/mol. The molecule has 0 bridgehead atoms. The van der Waals surface area contributed by atoms with Crippen molar-refractivity contribution in [2.24, 2.45) is 5.92 Å². The van der Waals surface area contributed by atoms with Crippen LogP contribution in [0.1, 0.15) is 48.6 Å². The molecule has 1 aromatic rings. The molecule has 0 aromatic carbocycles. The third kappa shape index (κ3) is 2.68. The minimum absolute atomic E-state index is 0.0510. The molecular formula is C14H17ClN2O3. The summed E-state index contributed by atoms with van der Waals surface area (Å²) in [6, 6.07) is 2.02. The quantitative estimate of drug-likeness (QED) is 0.896. The zero-order valence-electron chi connectivity index (χ0n) is 11.0. The Bertz CT molecular complexity index is 551. The molecule has 2 saturated carbocycles. The van der Waals surface area contributed by atoms with Gasteiger partial charge in [0.05, 0.1) is 10.9 Å². The van der Waals surface area contributed by atoms with Gasteiger partial charge in [0.1, 0.15) is 5.69 Å². The van der Waals surface area contributed by atoms with Gasteiger partial charge in [-0.1, -0.05) is 11.6 Å². The molecule has 0 saturated heterocycles. The van der Waals surface area contributed by atoms with Gasteiger partial charge in [-0.25, -0.2) is 0 Å². The van der Waals surface area contributed by atoms with Crippen molar-refractivity contribution in [3.63, 3.8) is 0 Å². The zero-order chi connectivity index (χ0) is 14.3. The second-order valence-electron chi connectivity index (χ2n) is 5.70. The summed E-state index contributed by atoms with van der Waals surface area (Å²) in [4.78, 5) is 23.2. The van der Waals surface area contributed by atoms with E-state index in [9.17, 15) is 9.59 Å². The van der Waals surface area contributed by atoms with Crippen LogP contribution in [-0.2, 0) is 4.79 Å². The Hall–Kier alpha value is -1.49. The predicted molar refractivity (Wildman–Crippen MR) is 73.9 cm³/mol. The van der Waals surface area contributed by atoms with Crippen LogP contribution in [0.15, 0.2) is 12.3 Å². The number of carboxylic acid groups (broad SMARTS) is 1. The van der Waals surface area contributed by atoms with E-state index < -0.39 is 5.97 Å². The van der Waals surface area contributed by atoms with Crippen LogP contribution in [0.2, 0.25) is 5.02 Å². The smallest absolute Gasteiger partial charge is 0.306 e. The topological polar surface area (TPSA) is 71.3 Å². The lowest BCUT2D eigenvalue weighted by Gasteiger charge is -2.13. The molecule has 108 valence electrons. The maximum Gasteiger partial charge on any atom is 0.306 e. The second-order valence-corrected chi connectivity index (χ2v) is 6.14. The van der Waals surface area contributed by atoms with Crippen molar-refractivity contribution in [2.45, 2.75) is 44.2 Å². The molecule has 6 heteroatoms. The van der Waals surface area contributed by atoms with E-state index in [0.717, 1.165) is 19.3 Å². The molecule has 2 fully saturated rings. The molecule has 5 nitrogen and oxygen atoms in total. The molecule has 1 heterocycles. The van der Waals surface area contributed by atoms with Gasteiger partial charge in [0.25, 0.3) is 5.91 Å². The number of aliphatic carboxylic acids is 1. The fourth-order valence-electron chi connectivity index (χ4n) is 2.88. The number of carbonyl (C=O) groups is 2. The summed E-state index contributed by atoms with van der Waals surface area (Å²) in [6.45, 7) is 0. The molecule has 2 atom stereocenters. The molecule has 1 aromatic heterocycles. The van der Waals surface area contributed by atoms with Crippen molar-refractivity contribution >= 4 is 23.5 Å². The Labute approximate surface area is 121 Å². The van der Waals surface area contributed by atoms with E-state index in [0.29, 0.717) is 29.6 Å². The molecule has 2 aliphatic carbocycles. The van der Waals surface area contributed by atoms with Crippen LogP contribution in [0.25, 0.3) is 0 Å². The summed E-state index contributed by atoms with van der Waals surface area (Å²) in [5.41, 5.74) is 0.580. The second kappa shape index (κ2) is 5.13. The molecule has 20 heavy (non-hydrogen) atoms. The molecule has 0 radical (unpaired) electrons. The van der Waals surface area contributed by atoms with Gasteiger partial charge in [0.15, 0.2) is 0 Å². The van der Waals surface area contributed by atoms with E-state index in [1.54, 1.807) is 12.3 Å². The van der Waals surface area contributed by atoms with E-state index in [1.165, 1.54) is 0 Å². The molecule has 0 spiro atoms. The Balaban J connectivity index is 1.66. The first-order chi connectivity index (χ1) is 9.54. The normalized spacial score (nSPS) is 25.6. The lowest BCUT2D eigenvalue weighted by Crippen LogP contribution is -2.34. The van der Waals surface area contributed by atoms with Gasteiger partial charge >= 0.3 is 5.97 Å². The number of nitrogens with zero attached hydrogens (tertiary/aromatic N) is 1. The van der Waals surface area contributed by atoms with Crippen LogP contribution in [0, 0.1) is 5.92 Å². The Kier molecular flexibility index (Phi) is 3.46. The van der Waals surface area contributed by atoms with Crippen LogP contribution in [-0.4, -0.2) is 27.6 Å². The Morgan fingerprint density at radius 2 is 2.05 bits per heavy atom. The van der Waals surface area contributed by atoms with Gasteiger partial charge in [-0.2, -0.15) is 0 Å². The van der Waals surface area contributed by atoms with Crippen LogP contribution in [0.4, 0.5) is 0 Å². The zero-order valence-corrected chi connectivity index (χ0v) is 11.8. The number of aromatic nitrogens is 1. The maximum absolute atomic E-state index is 12.3. The third-order valence-electron chi connectivity index (χ3n) is 4.11. The van der Waals surface area contributed by atoms with E-state index in [1.807, 2.05) is 4.57 Å². The highest BCUT2D eigenvalue weighted by Gasteiger charge is 2.32. The van der Waals surface area contributed by atoms with E-state index in [4.69, 9.17) is 16.7 Å². The molecule has 0 aliphatic heterocycles. The molecule has 2 unspecified atom stereocenters. The summed E-state index contributed by atoms with van der Waals surface area (Å²) in [5.74, 6) is -1.26. The molecule has 2 N–H and O–H groups in total. The number of nitrogens with one attached hydrogen (secondary N) is 1. The molecule has 1 amide bonds. The van der Waals surface area contributed by atoms with E-state index >= 15 is 0 Å². The number of halogens is 1. The average molecular weight is 297 g/mol. The van der Waals surface area contributed by atoms with Crippen molar-refractivity contribution in [1.82, 2.24) is 9.88 Å². The SMILES string of the molecule is O=C(NC1CCC(C(=O)O)C1)c1cc(Cl)cn1C1CC1. The summed E-state index contributed by atoms with van der Waals surface area (Å²) < 4.78 is 1.93. The summed E-state index contributed by atoms with van der Waals surface area (Å²) >= 11 is 5.98. The van der Waals surface area contributed by atoms with Crippen LogP contribution in [0.5, 0.6) is 0 Å². The minimum atomic E-state index is -0.772. The number of hydrogen-bond acceptors (Lipinski definition) is 2. The van der Waals surface area contributed by atoms with Gasteiger partial charge in [-0.3, -0.25) is 9.59 Å².